The number of carbonyl (C=O) groups is 1. The molecule has 0 aliphatic rings. The molecule has 2 aromatic rings. The number of esters is 1. The maximum absolute atomic E-state index is 11.8. The number of rotatable bonds is 5. The Hall–Kier alpha value is -2.46. The Labute approximate surface area is 133 Å². The molecule has 0 amide bonds. The van der Waals surface area contributed by atoms with Crippen molar-refractivity contribution in [3.63, 3.8) is 0 Å². The highest BCUT2D eigenvalue weighted by Crippen LogP contribution is 2.28. The van der Waals surface area contributed by atoms with E-state index in [1.807, 2.05) is 6.07 Å². The second-order valence-corrected chi connectivity index (χ2v) is 4.76. The lowest BCUT2D eigenvalue weighted by Crippen LogP contribution is -2.03. The quantitative estimate of drug-likeness (QED) is 0.475. The van der Waals surface area contributed by atoms with E-state index < -0.39 is 5.97 Å². The minimum absolute atomic E-state index is 0.436. The number of benzene rings is 2. The summed E-state index contributed by atoms with van der Waals surface area (Å²) >= 11 is 5.77. The summed E-state index contributed by atoms with van der Waals surface area (Å²) in [6.45, 7) is 0. The lowest BCUT2D eigenvalue weighted by Gasteiger charge is -2.07. The molecule has 0 aliphatic carbocycles. The Morgan fingerprint density at radius 3 is 2.32 bits per heavy atom. The molecule has 0 N–H and O–H groups in total. The molecule has 0 atom stereocenters. The van der Waals surface area contributed by atoms with Crippen LogP contribution >= 0.6 is 11.6 Å². The highest BCUT2D eigenvalue weighted by atomic mass is 35.5. The van der Waals surface area contributed by atoms with E-state index in [1.54, 1.807) is 56.7 Å². The van der Waals surface area contributed by atoms with Crippen molar-refractivity contribution in [2.75, 3.05) is 14.2 Å². The number of ether oxygens (including phenoxy) is 3. The highest BCUT2D eigenvalue weighted by Gasteiger charge is 2.04. The zero-order valence-electron chi connectivity index (χ0n) is 12.2. The first-order chi connectivity index (χ1) is 10.6. The van der Waals surface area contributed by atoms with Gasteiger partial charge in [-0.1, -0.05) is 17.7 Å². The van der Waals surface area contributed by atoms with E-state index in [-0.39, 0.29) is 0 Å². The fourth-order valence-electron chi connectivity index (χ4n) is 1.77. The van der Waals surface area contributed by atoms with Crippen LogP contribution < -0.4 is 14.2 Å². The van der Waals surface area contributed by atoms with Gasteiger partial charge < -0.3 is 14.2 Å². The van der Waals surface area contributed by atoms with Gasteiger partial charge >= 0.3 is 5.97 Å². The van der Waals surface area contributed by atoms with E-state index in [2.05, 4.69) is 0 Å². The molecule has 0 spiro atoms. The van der Waals surface area contributed by atoms with Crippen LogP contribution in [0.2, 0.25) is 5.02 Å². The monoisotopic (exact) mass is 318 g/mol. The summed E-state index contributed by atoms with van der Waals surface area (Å²) in [7, 11) is 3.12. The molecule has 0 saturated heterocycles. The van der Waals surface area contributed by atoms with Gasteiger partial charge in [-0.15, -0.1) is 0 Å². The van der Waals surface area contributed by atoms with Gasteiger partial charge in [0.1, 0.15) is 5.75 Å². The van der Waals surface area contributed by atoms with Crippen LogP contribution in [-0.2, 0) is 4.79 Å². The minimum Gasteiger partial charge on any atom is -0.493 e. The van der Waals surface area contributed by atoms with Gasteiger partial charge in [0.2, 0.25) is 0 Å². The molecule has 114 valence electrons. The van der Waals surface area contributed by atoms with Crippen molar-refractivity contribution < 1.29 is 19.0 Å². The third kappa shape index (κ3) is 4.27. The largest absolute Gasteiger partial charge is 0.493 e. The van der Waals surface area contributed by atoms with Gasteiger partial charge in [0.15, 0.2) is 11.5 Å². The van der Waals surface area contributed by atoms with Crippen LogP contribution in [0.4, 0.5) is 0 Å². The SMILES string of the molecule is COc1ccc(/C=C/C(=O)Oc2ccc(Cl)cc2)cc1OC. The second kappa shape index (κ2) is 7.52. The Kier molecular flexibility index (Phi) is 5.44. The summed E-state index contributed by atoms with van der Waals surface area (Å²) in [6.07, 6.45) is 2.98. The van der Waals surface area contributed by atoms with Gasteiger partial charge in [0, 0.05) is 11.1 Å². The van der Waals surface area contributed by atoms with Crippen LogP contribution in [0.3, 0.4) is 0 Å². The molecule has 4 nitrogen and oxygen atoms in total. The molecule has 0 aromatic heterocycles. The topological polar surface area (TPSA) is 44.8 Å². The average molecular weight is 319 g/mol. The minimum atomic E-state index is -0.475. The molecular formula is C17H15ClO4. The normalized spacial score (nSPS) is 10.5. The molecule has 2 rings (SSSR count). The Morgan fingerprint density at radius 2 is 1.68 bits per heavy atom. The van der Waals surface area contributed by atoms with Crippen LogP contribution in [0.25, 0.3) is 6.08 Å². The Balaban J connectivity index is 2.04. The Morgan fingerprint density at radius 1 is 1.00 bits per heavy atom. The van der Waals surface area contributed by atoms with E-state index in [1.165, 1.54) is 6.08 Å². The van der Waals surface area contributed by atoms with Crippen molar-refractivity contribution in [2.24, 2.45) is 0 Å². The van der Waals surface area contributed by atoms with Gasteiger partial charge in [-0.25, -0.2) is 4.79 Å². The molecule has 0 heterocycles. The van der Waals surface area contributed by atoms with Crippen molar-refractivity contribution in [2.45, 2.75) is 0 Å². The van der Waals surface area contributed by atoms with Gasteiger partial charge in [0.25, 0.3) is 0 Å². The van der Waals surface area contributed by atoms with Crippen molar-refractivity contribution >= 4 is 23.6 Å². The standard InChI is InChI=1S/C17H15ClO4/c1-20-15-9-3-12(11-16(15)21-2)4-10-17(19)22-14-7-5-13(18)6-8-14/h3-11H,1-2H3/b10-4+. The summed E-state index contributed by atoms with van der Waals surface area (Å²) in [4.78, 5) is 11.8. The molecule has 0 saturated carbocycles. The maximum Gasteiger partial charge on any atom is 0.336 e. The lowest BCUT2D eigenvalue weighted by molar-refractivity contribution is -0.128. The number of hydrogen-bond donors (Lipinski definition) is 0. The van der Waals surface area contributed by atoms with E-state index >= 15 is 0 Å². The molecule has 5 heteroatoms. The molecule has 0 aliphatic heterocycles. The van der Waals surface area contributed by atoms with Crippen LogP contribution in [0, 0.1) is 0 Å². The Bertz CT molecular complexity index is 678. The fourth-order valence-corrected chi connectivity index (χ4v) is 1.90. The first kappa shape index (κ1) is 15.9. The van der Waals surface area contributed by atoms with E-state index in [9.17, 15) is 4.79 Å². The summed E-state index contributed by atoms with van der Waals surface area (Å²) in [5, 5.41) is 0.584. The number of methoxy groups -OCH3 is 2. The maximum atomic E-state index is 11.8. The van der Waals surface area contributed by atoms with Crippen molar-refractivity contribution in [3.05, 3.63) is 59.1 Å². The average Bonchev–Trinajstić information content (AvgIpc) is 2.54. The second-order valence-electron chi connectivity index (χ2n) is 4.32. The highest BCUT2D eigenvalue weighted by molar-refractivity contribution is 6.30. The molecule has 0 fully saturated rings. The summed E-state index contributed by atoms with van der Waals surface area (Å²) in [6, 6.07) is 11.9. The van der Waals surface area contributed by atoms with Crippen molar-refractivity contribution in [1.82, 2.24) is 0 Å². The molecule has 0 bridgehead atoms. The number of halogens is 1. The van der Waals surface area contributed by atoms with E-state index in [4.69, 9.17) is 25.8 Å². The van der Waals surface area contributed by atoms with E-state index in [0.29, 0.717) is 22.3 Å². The van der Waals surface area contributed by atoms with E-state index in [0.717, 1.165) is 5.56 Å². The first-order valence-electron chi connectivity index (χ1n) is 6.50. The lowest BCUT2D eigenvalue weighted by atomic mass is 10.2. The molecule has 0 radical (unpaired) electrons. The number of carbonyl (C=O) groups excluding carboxylic acids is 1. The van der Waals surface area contributed by atoms with Crippen LogP contribution in [-0.4, -0.2) is 20.2 Å². The van der Waals surface area contributed by atoms with Gasteiger partial charge in [-0.05, 0) is 48.0 Å². The summed E-state index contributed by atoms with van der Waals surface area (Å²) < 4.78 is 15.5. The van der Waals surface area contributed by atoms with Crippen molar-refractivity contribution in [1.29, 1.82) is 0 Å². The van der Waals surface area contributed by atoms with Crippen LogP contribution in [0.15, 0.2) is 48.5 Å². The predicted molar refractivity (Wildman–Crippen MR) is 85.7 cm³/mol. The van der Waals surface area contributed by atoms with Gasteiger partial charge in [-0.3, -0.25) is 0 Å². The van der Waals surface area contributed by atoms with Crippen LogP contribution in [0.5, 0.6) is 17.2 Å². The third-order valence-corrected chi connectivity index (χ3v) is 3.10. The van der Waals surface area contributed by atoms with Crippen molar-refractivity contribution in [3.8, 4) is 17.2 Å². The molecular weight excluding hydrogens is 304 g/mol. The molecule has 22 heavy (non-hydrogen) atoms. The smallest absolute Gasteiger partial charge is 0.336 e. The zero-order valence-corrected chi connectivity index (χ0v) is 13.0. The fraction of sp³-hybridized carbons (Fsp3) is 0.118. The summed E-state index contributed by atoms with van der Waals surface area (Å²) in [5.74, 6) is 1.18. The van der Waals surface area contributed by atoms with Crippen LogP contribution in [0.1, 0.15) is 5.56 Å². The molecule has 2 aromatic carbocycles. The first-order valence-corrected chi connectivity index (χ1v) is 6.87. The molecule has 0 unspecified atom stereocenters. The van der Waals surface area contributed by atoms with Gasteiger partial charge in [0.05, 0.1) is 14.2 Å². The van der Waals surface area contributed by atoms with Gasteiger partial charge in [-0.2, -0.15) is 0 Å². The predicted octanol–water partition coefficient (Wildman–Crippen LogP) is 3.98. The summed E-state index contributed by atoms with van der Waals surface area (Å²) in [5.41, 5.74) is 0.797. The number of hydrogen-bond acceptors (Lipinski definition) is 4. The third-order valence-electron chi connectivity index (χ3n) is 2.85. The zero-order chi connectivity index (χ0) is 15.9.